The van der Waals surface area contributed by atoms with E-state index < -0.39 is 0 Å². The molecule has 146 valence electrons. The Hall–Kier alpha value is -1.13. The second-order valence-electron chi connectivity index (χ2n) is 6.71. The summed E-state index contributed by atoms with van der Waals surface area (Å²) in [4.78, 5) is 0. The van der Waals surface area contributed by atoms with E-state index in [0.29, 0.717) is 45.8 Å². The normalized spacial score (nSPS) is 14.5. The van der Waals surface area contributed by atoms with E-state index in [1.54, 1.807) is 12.1 Å². The van der Waals surface area contributed by atoms with Gasteiger partial charge in [-0.2, -0.15) is 0 Å². The molecule has 0 aliphatic heterocycles. The van der Waals surface area contributed by atoms with Crippen molar-refractivity contribution in [2.24, 2.45) is 0 Å². The molecule has 1 aliphatic carbocycles. The third-order valence-corrected chi connectivity index (χ3v) is 5.69. The Balaban J connectivity index is 1.72. The maximum absolute atomic E-state index is 6.50. The van der Waals surface area contributed by atoms with Crippen LogP contribution in [0.1, 0.15) is 43.7 Å². The van der Waals surface area contributed by atoms with Crippen LogP contribution >= 0.6 is 34.8 Å². The summed E-state index contributed by atoms with van der Waals surface area (Å²) in [5.41, 5.74) is 1.87. The van der Waals surface area contributed by atoms with Gasteiger partial charge in [0.05, 0.1) is 6.61 Å². The third-order valence-electron chi connectivity index (χ3n) is 4.75. The summed E-state index contributed by atoms with van der Waals surface area (Å²) in [7, 11) is 0. The van der Waals surface area contributed by atoms with Crippen molar-refractivity contribution in [2.45, 2.75) is 51.8 Å². The Morgan fingerprint density at radius 2 is 1.63 bits per heavy atom. The van der Waals surface area contributed by atoms with Crippen molar-refractivity contribution < 1.29 is 9.47 Å². The van der Waals surface area contributed by atoms with Crippen LogP contribution in [0.5, 0.6) is 11.5 Å². The van der Waals surface area contributed by atoms with E-state index >= 15 is 0 Å². The van der Waals surface area contributed by atoms with E-state index in [1.165, 1.54) is 25.7 Å². The summed E-state index contributed by atoms with van der Waals surface area (Å²) in [5, 5.41) is 5.43. The molecule has 1 saturated carbocycles. The molecule has 1 fully saturated rings. The van der Waals surface area contributed by atoms with Gasteiger partial charge in [-0.05, 0) is 43.5 Å². The maximum atomic E-state index is 6.50. The van der Waals surface area contributed by atoms with E-state index in [-0.39, 0.29) is 0 Å². The smallest absolute Gasteiger partial charge is 0.163 e. The first-order valence-corrected chi connectivity index (χ1v) is 10.5. The van der Waals surface area contributed by atoms with Crippen LogP contribution in [0.4, 0.5) is 0 Å². The summed E-state index contributed by atoms with van der Waals surface area (Å²) >= 11 is 18.7. The second kappa shape index (κ2) is 9.88. The van der Waals surface area contributed by atoms with E-state index in [9.17, 15) is 0 Å². The molecule has 3 nitrogen and oxygen atoms in total. The fourth-order valence-corrected chi connectivity index (χ4v) is 3.96. The van der Waals surface area contributed by atoms with Crippen LogP contribution in [-0.4, -0.2) is 12.6 Å². The summed E-state index contributed by atoms with van der Waals surface area (Å²) in [6.07, 6.45) is 5.07. The molecule has 0 amide bonds. The van der Waals surface area contributed by atoms with E-state index in [0.717, 1.165) is 17.7 Å². The molecular weight excluding hydrogens is 405 g/mol. The van der Waals surface area contributed by atoms with Crippen LogP contribution in [0.15, 0.2) is 30.3 Å². The Morgan fingerprint density at radius 1 is 0.926 bits per heavy atom. The largest absolute Gasteiger partial charge is 0.490 e. The van der Waals surface area contributed by atoms with Crippen molar-refractivity contribution in [3.8, 4) is 11.5 Å². The molecule has 0 heterocycles. The first-order chi connectivity index (χ1) is 13.1. The van der Waals surface area contributed by atoms with Gasteiger partial charge >= 0.3 is 0 Å². The van der Waals surface area contributed by atoms with Crippen LogP contribution in [0.2, 0.25) is 15.1 Å². The van der Waals surface area contributed by atoms with Gasteiger partial charge in [0.2, 0.25) is 0 Å². The van der Waals surface area contributed by atoms with E-state index in [1.807, 2.05) is 25.1 Å². The van der Waals surface area contributed by atoms with E-state index in [2.05, 4.69) is 5.32 Å². The summed E-state index contributed by atoms with van der Waals surface area (Å²) in [6.45, 7) is 3.54. The zero-order valence-corrected chi connectivity index (χ0v) is 17.6. The minimum Gasteiger partial charge on any atom is -0.490 e. The molecule has 2 aromatic carbocycles. The van der Waals surface area contributed by atoms with Gasteiger partial charge in [-0.3, -0.25) is 0 Å². The highest BCUT2D eigenvalue weighted by molar-refractivity contribution is 6.35. The lowest BCUT2D eigenvalue weighted by Crippen LogP contribution is -2.25. The molecule has 1 N–H and O–H groups in total. The third kappa shape index (κ3) is 5.68. The standard InChI is InChI=1S/C21H24Cl3NO2/c1-2-26-20-9-15(12-25-17-5-3-4-6-17)19(24)11-21(20)27-13-14-7-8-16(22)10-18(14)23/h7-11,17,25H,2-6,12-13H2,1H3. The van der Waals surface area contributed by atoms with Gasteiger partial charge in [-0.15, -0.1) is 0 Å². The molecule has 0 unspecified atom stereocenters. The highest BCUT2D eigenvalue weighted by atomic mass is 35.5. The monoisotopic (exact) mass is 427 g/mol. The molecule has 0 atom stereocenters. The lowest BCUT2D eigenvalue weighted by molar-refractivity contribution is 0.269. The summed E-state index contributed by atoms with van der Waals surface area (Å²) < 4.78 is 11.7. The number of benzene rings is 2. The molecule has 3 rings (SSSR count). The minimum absolute atomic E-state index is 0.312. The highest BCUT2D eigenvalue weighted by Gasteiger charge is 2.16. The zero-order chi connectivity index (χ0) is 19.2. The first kappa shape index (κ1) is 20.6. The lowest BCUT2D eigenvalue weighted by atomic mass is 10.1. The molecule has 0 spiro atoms. The Morgan fingerprint density at radius 3 is 2.33 bits per heavy atom. The topological polar surface area (TPSA) is 30.5 Å². The first-order valence-electron chi connectivity index (χ1n) is 9.32. The van der Waals surface area contributed by atoms with Crippen LogP contribution in [-0.2, 0) is 13.2 Å². The zero-order valence-electron chi connectivity index (χ0n) is 15.4. The Bertz CT molecular complexity index is 776. The van der Waals surface area contributed by atoms with Crippen molar-refractivity contribution in [3.63, 3.8) is 0 Å². The SMILES string of the molecule is CCOc1cc(CNC2CCCC2)c(Cl)cc1OCc1ccc(Cl)cc1Cl. The van der Waals surface area contributed by atoms with Crippen LogP contribution in [0, 0.1) is 0 Å². The van der Waals surface area contributed by atoms with Crippen molar-refractivity contribution in [3.05, 3.63) is 56.5 Å². The van der Waals surface area contributed by atoms with Gasteiger partial charge < -0.3 is 14.8 Å². The molecule has 2 aromatic rings. The average Bonchev–Trinajstić information content (AvgIpc) is 3.15. The minimum atomic E-state index is 0.312. The van der Waals surface area contributed by atoms with Crippen molar-refractivity contribution in [1.82, 2.24) is 5.32 Å². The second-order valence-corrected chi connectivity index (χ2v) is 7.96. The molecule has 0 bridgehead atoms. The molecule has 0 aromatic heterocycles. The number of nitrogens with one attached hydrogen (secondary N) is 1. The van der Waals surface area contributed by atoms with Crippen molar-refractivity contribution in [1.29, 1.82) is 0 Å². The van der Waals surface area contributed by atoms with Crippen molar-refractivity contribution >= 4 is 34.8 Å². The summed E-state index contributed by atoms with van der Waals surface area (Å²) in [5.74, 6) is 1.30. The number of hydrogen-bond acceptors (Lipinski definition) is 3. The van der Waals surface area contributed by atoms with Gasteiger partial charge in [0, 0.05) is 39.3 Å². The lowest BCUT2D eigenvalue weighted by Gasteiger charge is -2.17. The molecule has 27 heavy (non-hydrogen) atoms. The van der Waals surface area contributed by atoms with Crippen LogP contribution < -0.4 is 14.8 Å². The predicted molar refractivity (Wildman–Crippen MR) is 113 cm³/mol. The number of halogens is 3. The van der Waals surface area contributed by atoms with Gasteiger partial charge in [0.15, 0.2) is 11.5 Å². The number of rotatable bonds is 8. The predicted octanol–water partition coefficient (Wildman–Crippen LogP) is 6.66. The quantitative estimate of drug-likeness (QED) is 0.510. The fraction of sp³-hybridized carbons (Fsp3) is 0.429. The van der Waals surface area contributed by atoms with E-state index in [4.69, 9.17) is 44.3 Å². The molecule has 1 aliphatic rings. The molecular formula is C21H24Cl3NO2. The molecule has 6 heteroatoms. The number of hydrogen-bond donors (Lipinski definition) is 1. The van der Waals surface area contributed by atoms with Gasteiger partial charge in [0.1, 0.15) is 6.61 Å². The van der Waals surface area contributed by atoms with Crippen LogP contribution in [0.3, 0.4) is 0 Å². The van der Waals surface area contributed by atoms with Crippen LogP contribution in [0.25, 0.3) is 0 Å². The average molecular weight is 429 g/mol. The molecule has 0 radical (unpaired) electrons. The highest BCUT2D eigenvalue weighted by Crippen LogP contribution is 2.35. The fourth-order valence-electron chi connectivity index (χ4n) is 3.27. The number of ether oxygens (including phenoxy) is 2. The Kier molecular flexibility index (Phi) is 7.54. The van der Waals surface area contributed by atoms with Gasteiger partial charge in [0.25, 0.3) is 0 Å². The Labute approximate surface area is 175 Å². The maximum Gasteiger partial charge on any atom is 0.163 e. The van der Waals surface area contributed by atoms with Gasteiger partial charge in [-0.25, -0.2) is 0 Å². The molecule has 0 saturated heterocycles. The summed E-state index contributed by atoms with van der Waals surface area (Å²) in [6, 6.07) is 9.72. The van der Waals surface area contributed by atoms with Crippen molar-refractivity contribution in [2.75, 3.05) is 6.61 Å². The van der Waals surface area contributed by atoms with Gasteiger partial charge in [-0.1, -0.05) is 53.7 Å².